The van der Waals surface area contributed by atoms with Gasteiger partial charge in [-0.1, -0.05) is 0 Å². The number of nitrogens with zero attached hydrogens (tertiary/aromatic N) is 3. The molecule has 0 unspecified atom stereocenters. The summed E-state index contributed by atoms with van der Waals surface area (Å²) >= 11 is 0. The second kappa shape index (κ2) is 4.76. The minimum absolute atomic E-state index is 0.00500. The highest BCUT2D eigenvalue weighted by molar-refractivity contribution is 5.69. The molecule has 0 spiro atoms. The van der Waals surface area contributed by atoms with Crippen molar-refractivity contribution in [2.75, 3.05) is 20.6 Å². The Morgan fingerprint density at radius 3 is 2.93 bits per heavy atom. The van der Waals surface area contributed by atoms with Crippen molar-refractivity contribution in [1.82, 2.24) is 14.5 Å². The summed E-state index contributed by atoms with van der Waals surface area (Å²) in [5, 5.41) is 8.54. The Morgan fingerprint density at radius 2 is 2.36 bits per heavy atom. The van der Waals surface area contributed by atoms with Crippen molar-refractivity contribution >= 4 is 5.97 Å². The smallest absolute Gasteiger partial charge is 0.309 e. The number of hydrogen-bond acceptors (Lipinski definition) is 3. The second-order valence-corrected chi connectivity index (χ2v) is 3.48. The normalized spacial score (nSPS) is 10.8. The largest absolute Gasteiger partial charge is 0.481 e. The zero-order chi connectivity index (χ0) is 10.6. The first-order valence-electron chi connectivity index (χ1n) is 4.45. The molecule has 0 aliphatic heterocycles. The van der Waals surface area contributed by atoms with Crippen LogP contribution in [0.15, 0.2) is 12.5 Å². The molecule has 1 heterocycles. The van der Waals surface area contributed by atoms with Crippen LogP contribution >= 0.6 is 0 Å². The summed E-state index contributed by atoms with van der Waals surface area (Å²) < 4.78 is 1.90. The zero-order valence-corrected chi connectivity index (χ0v) is 8.47. The summed E-state index contributed by atoms with van der Waals surface area (Å²) in [6.07, 6.45) is 3.44. The maximum absolute atomic E-state index is 10.4. The minimum atomic E-state index is -0.845. The van der Waals surface area contributed by atoms with Gasteiger partial charge in [-0.15, -0.1) is 0 Å². The monoisotopic (exact) mass is 197 g/mol. The number of carboxylic acids is 1. The van der Waals surface area contributed by atoms with E-state index in [4.69, 9.17) is 5.11 Å². The summed E-state index contributed by atoms with van der Waals surface area (Å²) in [4.78, 5) is 16.5. The topological polar surface area (TPSA) is 58.4 Å². The summed E-state index contributed by atoms with van der Waals surface area (Å²) in [7, 11) is 3.99. The average Bonchev–Trinajstić information content (AvgIpc) is 2.47. The number of imidazole rings is 1. The Bertz CT molecular complexity index is 307. The lowest BCUT2D eigenvalue weighted by molar-refractivity contribution is -0.136. The molecule has 0 fully saturated rings. The van der Waals surface area contributed by atoms with Crippen molar-refractivity contribution < 1.29 is 9.90 Å². The number of hydrogen-bond donors (Lipinski definition) is 1. The quantitative estimate of drug-likeness (QED) is 0.725. The van der Waals surface area contributed by atoms with E-state index in [1.54, 1.807) is 12.5 Å². The lowest BCUT2D eigenvalue weighted by atomic mass is 10.3. The van der Waals surface area contributed by atoms with Crippen LogP contribution < -0.4 is 0 Å². The van der Waals surface area contributed by atoms with Crippen LogP contribution in [0.4, 0.5) is 0 Å². The number of carboxylic acid groups (broad SMARTS) is 1. The molecule has 1 aromatic heterocycles. The standard InChI is InChI=1S/C9H15N3O2/c1-11(2)3-4-12-6-8(10-7-12)5-9(13)14/h6-7H,3-5H2,1-2H3,(H,13,14). The Hall–Kier alpha value is -1.36. The Balaban J connectivity index is 2.46. The maximum Gasteiger partial charge on any atom is 0.309 e. The van der Waals surface area contributed by atoms with E-state index in [0.717, 1.165) is 13.1 Å². The zero-order valence-electron chi connectivity index (χ0n) is 8.47. The van der Waals surface area contributed by atoms with E-state index in [9.17, 15) is 4.79 Å². The molecule has 5 heteroatoms. The van der Waals surface area contributed by atoms with Crippen LogP contribution in [-0.4, -0.2) is 46.2 Å². The van der Waals surface area contributed by atoms with Gasteiger partial charge < -0.3 is 14.6 Å². The van der Waals surface area contributed by atoms with Crippen LogP contribution in [0.5, 0.6) is 0 Å². The van der Waals surface area contributed by atoms with Gasteiger partial charge in [-0.3, -0.25) is 4.79 Å². The van der Waals surface area contributed by atoms with Gasteiger partial charge in [0.2, 0.25) is 0 Å². The Labute approximate surface area is 83.0 Å². The molecule has 0 aromatic carbocycles. The minimum Gasteiger partial charge on any atom is -0.481 e. The van der Waals surface area contributed by atoms with Gasteiger partial charge in [0.25, 0.3) is 0 Å². The lowest BCUT2D eigenvalue weighted by Crippen LogP contribution is -2.17. The van der Waals surface area contributed by atoms with Gasteiger partial charge in [-0.2, -0.15) is 0 Å². The van der Waals surface area contributed by atoms with E-state index in [0.29, 0.717) is 5.69 Å². The van der Waals surface area contributed by atoms with Crippen LogP contribution in [-0.2, 0) is 17.8 Å². The first-order chi connectivity index (χ1) is 6.58. The van der Waals surface area contributed by atoms with E-state index >= 15 is 0 Å². The van der Waals surface area contributed by atoms with Crippen LogP contribution in [0.25, 0.3) is 0 Å². The predicted molar refractivity (Wildman–Crippen MR) is 52.1 cm³/mol. The number of likely N-dealkylation sites (N-methyl/N-ethyl adjacent to an activating group) is 1. The van der Waals surface area contributed by atoms with Crippen LogP contribution in [0.3, 0.4) is 0 Å². The fourth-order valence-electron chi connectivity index (χ4n) is 1.09. The van der Waals surface area contributed by atoms with Crippen molar-refractivity contribution in [2.45, 2.75) is 13.0 Å². The number of rotatable bonds is 5. The van der Waals surface area contributed by atoms with Crippen molar-refractivity contribution in [1.29, 1.82) is 0 Å². The van der Waals surface area contributed by atoms with Gasteiger partial charge in [0.1, 0.15) is 0 Å². The molecular weight excluding hydrogens is 182 g/mol. The number of carbonyl (C=O) groups is 1. The fraction of sp³-hybridized carbons (Fsp3) is 0.556. The molecule has 0 saturated carbocycles. The fourth-order valence-corrected chi connectivity index (χ4v) is 1.09. The molecule has 78 valence electrons. The summed E-state index contributed by atoms with van der Waals surface area (Å²) in [5.41, 5.74) is 0.608. The molecule has 1 N–H and O–H groups in total. The highest BCUT2D eigenvalue weighted by Gasteiger charge is 2.03. The second-order valence-electron chi connectivity index (χ2n) is 3.48. The van der Waals surface area contributed by atoms with Crippen molar-refractivity contribution in [2.24, 2.45) is 0 Å². The van der Waals surface area contributed by atoms with E-state index < -0.39 is 5.97 Å². The molecule has 0 radical (unpaired) electrons. The average molecular weight is 197 g/mol. The van der Waals surface area contributed by atoms with Crippen molar-refractivity contribution in [3.63, 3.8) is 0 Å². The van der Waals surface area contributed by atoms with Crippen LogP contribution in [0.2, 0.25) is 0 Å². The van der Waals surface area contributed by atoms with Gasteiger partial charge in [-0.25, -0.2) is 4.98 Å². The molecule has 0 aliphatic carbocycles. The van der Waals surface area contributed by atoms with Crippen LogP contribution in [0.1, 0.15) is 5.69 Å². The molecule has 1 aromatic rings. The van der Waals surface area contributed by atoms with Crippen molar-refractivity contribution in [3.05, 3.63) is 18.2 Å². The molecule has 0 amide bonds. The van der Waals surface area contributed by atoms with Crippen molar-refractivity contribution in [3.8, 4) is 0 Å². The van der Waals surface area contributed by atoms with E-state index in [1.165, 1.54) is 0 Å². The molecule has 1 rings (SSSR count). The SMILES string of the molecule is CN(C)CCn1cnc(CC(=O)O)c1. The Kier molecular flexibility index (Phi) is 3.64. The third kappa shape index (κ3) is 3.57. The predicted octanol–water partition coefficient (Wildman–Crippen LogP) is 0.0718. The highest BCUT2D eigenvalue weighted by Crippen LogP contribution is 1.97. The highest BCUT2D eigenvalue weighted by atomic mass is 16.4. The van der Waals surface area contributed by atoms with Gasteiger partial charge in [0.05, 0.1) is 18.4 Å². The Morgan fingerprint density at radius 1 is 1.64 bits per heavy atom. The summed E-state index contributed by atoms with van der Waals surface area (Å²) in [6, 6.07) is 0. The molecular formula is C9H15N3O2. The summed E-state index contributed by atoms with van der Waals surface area (Å²) in [5.74, 6) is -0.845. The third-order valence-electron chi connectivity index (χ3n) is 1.82. The van der Waals surface area contributed by atoms with E-state index in [2.05, 4.69) is 9.88 Å². The van der Waals surface area contributed by atoms with Gasteiger partial charge in [-0.05, 0) is 14.1 Å². The molecule has 14 heavy (non-hydrogen) atoms. The first kappa shape index (κ1) is 10.7. The van der Waals surface area contributed by atoms with Crippen LogP contribution in [0, 0.1) is 0 Å². The van der Waals surface area contributed by atoms with E-state index in [1.807, 2.05) is 18.7 Å². The first-order valence-corrected chi connectivity index (χ1v) is 4.45. The molecule has 0 atom stereocenters. The molecule has 0 saturated heterocycles. The van der Waals surface area contributed by atoms with E-state index in [-0.39, 0.29) is 6.42 Å². The summed E-state index contributed by atoms with van der Waals surface area (Å²) in [6.45, 7) is 1.75. The number of aromatic nitrogens is 2. The molecule has 0 aliphatic rings. The van der Waals surface area contributed by atoms with Gasteiger partial charge >= 0.3 is 5.97 Å². The number of aliphatic carboxylic acids is 1. The maximum atomic E-state index is 10.4. The van der Waals surface area contributed by atoms with Gasteiger partial charge in [0.15, 0.2) is 0 Å². The molecule has 0 bridgehead atoms. The third-order valence-corrected chi connectivity index (χ3v) is 1.82. The van der Waals surface area contributed by atoms with Gasteiger partial charge in [0, 0.05) is 19.3 Å². The molecule has 5 nitrogen and oxygen atoms in total. The lowest BCUT2D eigenvalue weighted by Gasteiger charge is -2.08.